The van der Waals surface area contributed by atoms with E-state index >= 15 is 0 Å². The van der Waals surface area contributed by atoms with E-state index in [4.69, 9.17) is 11.6 Å². The lowest BCUT2D eigenvalue weighted by Gasteiger charge is -2.29. The Morgan fingerprint density at radius 3 is 2.62 bits per heavy atom. The minimum absolute atomic E-state index is 0.555. The number of halogens is 1. The van der Waals surface area contributed by atoms with Gasteiger partial charge in [-0.25, -0.2) is 4.98 Å². The first kappa shape index (κ1) is 15.0. The molecule has 4 rings (SSSR count). The number of hydrogen-bond donors (Lipinski definition) is 1. The molecular formula is C19H17ClN4. The van der Waals surface area contributed by atoms with Crippen molar-refractivity contribution in [3.63, 3.8) is 0 Å². The van der Waals surface area contributed by atoms with Crippen LogP contribution in [0.2, 0.25) is 5.02 Å². The molecule has 120 valence electrons. The molecule has 0 spiro atoms. The van der Waals surface area contributed by atoms with Gasteiger partial charge >= 0.3 is 0 Å². The van der Waals surface area contributed by atoms with E-state index in [9.17, 15) is 0 Å². The number of para-hydroxylation sites is 1. The lowest BCUT2D eigenvalue weighted by Crippen LogP contribution is -2.31. The van der Waals surface area contributed by atoms with E-state index in [1.807, 2.05) is 30.3 Å². The lowest BCUT2D eigenvalue weighted by atomic mass is 10.00. The molecule has 2 heterocycles. The Labute approximate surface area is 146 Å². The van der Waals surface area contributed by atoms with Crippen molar-refractivity contribution in [1.82, 2.24) is 9.97 Å². The van der Waals surface area contributed by atoms with Gasteiger partial charge in [-0.3, -0.25) is 0 Å². The van der Waals surface area contributed by atoms with E-state index in [0.717, 1.165) is 31.0 Å². The summed E-state index contributed by atoms with van der Waals surface area (Å²) in [6.45, 7) is 1.83. The van der Waals surface area contributed by atoms with E-state index in [1.54, 1.807) is 6.20 Å². The number of aromatic nitrogens is 2. The highest BCUT2D eigenvalue weighted by Gasteiger charge is 2.17. The zero-order valence-corrected chi connectivity index (χ0v) is 13.9. The van der Waals surface area contributed by atoms with Crippen molar-refractivity contribution >= 4 is 29.1 Å². The summed E-state index contributed by atoms with van der Waals surface area (Å²) >= 11 is 6.19. The second-order valence-corrected chi connectivity index (χ2v) is 6.19. The Morgan fingerprint density at radius 1 is 0.958 bits per heavy atom. The van der Waals surface area contributed by atoms with Gasteiger partial charge in [-0.2, -0.15) is 4.98 Å². The van der Waals surface area contributed by atoms with Gasteiger partial charge in [-0.05, 0) is 35.7 Å². The first-order valence-electron chi connectivity index (χ1n) is 7.96. The topological polar surface area (TPSA) is 41.1 Å². The first-order valence-corrected chi connectivity index (χ1v) is 8.34. The van der Waals surface area contributed by atoms with Crippen LogP contribution in [-0.4, -0.2) is 16.5 Å². The third-order valence-corrected chi connectivity index (χ3v) is 4.55. The smallest absolute Gasteiger partial charge is 0.229 e. The quantitative estimate of drug-likeness (QED) is 0.768. The zero-order valence-electron chi connectivity index (χ0n) is 13.1. The minimum atomic E-state index is 0.555. The van der Waals surface area contributed by atoms with Crippen molar-refractivity contribution in [2.75, 3.05) is 16.8 Å². The molecule has 0 saturated carbocycles. The lowest BCUT2D eigenvalue weighted by molar-refractivity contribution is 0.720. The van der Waals surface area contributed by atoms with Gasteiger partial charge in [0.25, 0.3) is 0 Å². The summed E-state index contributed by atoms with van der Waals surface area (Å²) in [7, 11) is 0. The maximum Gasteiger partial charge on any atom is 0.229 e. The number of anilines is 3. The Balaban J connectivity index is 1.56. The maximum absolute atomic E-state index is 6.19. The van der Waals surface area contributed by atoms with Crippen molar-refractivity contribution in [3.05, 3.63) is 76.9 Å². The molecule has 0 aliphatic carbocycles. The minimum Gasteiger partial charge on any atom is -0.352 e. The highest BCUT2D eigenvalue weighted by atomic mass is 35.5. The molecule has 1 aliphatic rings. The fraction of sp³-hybridized carbons (Fsp3) is 0.158. The predicted octanol–water partition coefficient (Wildman–Crippen LogP) is 4.44. The zero-order chi connectivity index (χ0) is 16.4. The fourth-order valence-electron chi connectivity index (χ4n) is 2.96. The van der Waals surface area contributed by atoms with E-state index in [2.05, 4.69) is 44.5 Å². The van der Waals surface area contributed by atoms with Crippen LogP contribution in [0.25, 0.3) is 0 Å². The molecule has 0 saturated heterocycles. The molecule has 1 aromatic heterocycles. The molecule has 3 aromatic rings. The average Bonchev–Trinajstić information content (AvgIpc) is 2.63. The van der Waals surface area contributed by atoms with Gasteiger partial charge in [-0.15, -0.1) is 0 Å². The Bertz CT molecular complexity index is 865. The molecular weight excluding hydrogens is 320 g/mol. The summed E-state index contributed by atoms with van der Waals surface area (Å²) in [6.07, 6.45) is 2.81. The largest absolute Gasteiger partial charge is 0.352 e. The van der Waals surface area contributed by atoms with Gasteiger partial charge in [0.05, 0.1) is 10.7 Å². The van der Waals surface area contributed by atoms with Crippen LogP contribution in [0, 0.1) is 0 Å². The molecule has 1 aliphatic heterocycles. The number of rotatable bonds is 3. The Hall–Kier alpha value is -2.59. The summed E-state index contributed by atoms with van der Waals surface area (Å²) < 4.78 is 0. The third kappa shape index (κ3) is 3.05. The molecule has 0 bridgehead atoms. The van der Waals surface area contributed by atoms with Crippen LogP contribution in [-0.2, 0) is 13.0 Å². The summed E-state index contributed by atoms with van der Waals surface area (Å²) in [5.74, 6) is 1.48. The van der Waals surface area contributed by atoms with E-state index in [0.29, 0.717) is 11.0 Å². The second kappa shape index (κ2) is 6.49. The molecule has 24 heavy (non-hydrogen) atoms. The number of benzene rings is 2. The van der Waals surface area contributed by atoms with Crippen LogP contribution in [0.5, 0.6) is 0 Å². The summed E-state index contributed by atoms with van der Waals surface area (Å²) in [5.41, 5.74) is 3.60. The van der Waals surface area contributed by atoms with E-state index in [1.165, 1.54) is 11.1 Å². The van der Waals surface area contributed by atoms with Crippen molar-refractivity contribution in [2.24, 2.45) is 0 Å². The van der Waals surface area contributed by atoms with Crippen LogP contribution in [0.1, 0.15) is 11.1 Å². The maximum atomic E-state index is 6.19. The molecule has 0 radical (unpaired) electrons. The highest BCUT2D eigenvalue weighted by Crippen LogP contribution is 2.26. The summed E-state index contributed by atoms with van der Waals surface area (Å²) in [6, 6.07) is 18.1. The van der Waals surface area contributed by atoms with Gasteiger partial charge in [0.2, 0.25) is 5.95 Å². The van der Waals surface area contributed by atoms with E-state index in [-0.39, 0.29) is 0 Å². The molecule has 1 N–H and O–H groups in total. The molecule has 5 heteroatoms. The van der Waals surface area contributed by atoms with Crippen LogP contribution < -0.4 is 10.2 Å². The summed E-state index contributed by atoms with van der Waals surface area (Å²) in [4.78, 5) is 11.2. The number of fused-ring (bicyclic) bond motifs is 1. The van der Waals surface area contributed by atoms with Crippen molar-refractivity contribution in [3.8, 4) is 0 Å². The highest BCUT2D eigenvalue weighted by molar-refractivity contribution is 6.33. The number of hydrogen-bond acceptors (Lipinski definition) is 4. The fourth-order valence-corrected chi connectivity index (χ4v) is 3.14. The van der Waals surface area contributed by atoms with Crippen molar-refractivity contribution < 1.29 is 0 Å². The van der Waals surface area contributed by atoms with Gasteiger partial charge in [0.15, 0.2) is 0 Å². The number of nitrogens with zero attached hydrogens (tertiary/aromatic N) is 3. The van der Waals surface area contributed by atoms with Crippen LogP contribution in [0.15, 0.2) is 60.8 Å². The molecule has 0 unspecified atom stereocenters. The molecule has 2 aromatic carbocycles. The second-order valence-electron chi connectivity index (χ2n) is 5.78. The van der Waals surface area contributed by atoms with Crippen LogP contribution in [0.3, 0.4) is 0 Å². The predicted molar refractivity (Wildman–Crippen MR) is 98.0 cm³/mol. The van der Waals surface area contributed by atoms with Crippen molar-refractivity contribution in [2.45, 2.75) is 13.0 Å². The first-order chi connectivity index (χ1) is 11.8. The monoisotopic (exact) mass is 336 g/mol. The van der Waals surface area contributed by atoms with Gasteiger partial charge in [0.1, 0.15) is 5.82 Å². The van der Waals surface area contributed by atoms with Gasteiger partial charge in [0, 0.05) is 19.3 Å². The molecule has 0 amide bonds. The van der Waals surface area contributed by atoms with Crippen molar-refractivity contribution in [1.29, 1.82) is 0 Å². The van der Waals surface area contributed by atoms with Gasteiger partial charge < -0.3 is 10.2 Å². The molecule has 0 atom stereocenters. The summed E-state index contributed by atoms with van der Waals surface area (Å²) in [5, 5.41) is 3.84. The SMILES string of the molecule is Clc1ccccc1Nc1nccc(N2CCc3ccccc3C2)n1. The third-order valence-electron chi connectivity index (χ3n) is 4.22. The Kier molecular flexibility index (Phi) is 4.05. The van der Waals surface area contributed by atoms with E-state index < -0.39 is 0 Å². The van der Waals surface area contributed by atoms with Gasteiger partial charge in [-0.1, -0.05) is 48.0 Å². The molecule has 0 fully saturated rings. The van der Waals surface area contributed by atoms with Crippen LogP contribution in [0.4, 0.5) is 17.5 Å². The average molecular weight is 337 g/mol. The molecule has 4 nitrogen and oxygen atoms in total. The number of nitrogens with one attached hydrogen (secondary N) is 1. The Morgan fingerprint density at radius 2 is 1.75 bits per heavy atom. The van der Waals surface area contributed by atoms with Crippen LogP contribution >= 0.6 is 11.6 Å². The normalized spacial score (nSPS) is 13.5. The standard InChI is InChI=1S/C19H17ClN4/c20-16-7-3-4-8-17(16)22-19-21-11-9-18(23-19)24-12-10-14-5-1-2-6-15(14)13-24/h1-9,11H,10,12-13H2,(H,21,22,23).